The summed E-state index contributed by atoms with van der Waals surface area (Å²) in [5.41, 5.74) is 0.319. The van der Waals surface area contributed by atoms with Crippen LogP contribution in [0.2, 0.25) is 0 Å². The third-order valence-electron chi connectivity index (χ3n) is 2.52. The summed E-state index contributed by atoms with van der Waals surface area (Å²) < 4.78 is 5.86. The molecule has 0 radical (unpaired) electrons. The Morgan fingerprint density at radius 2 is 2.10 bits per heavy atom. The summed E-state index contributed by atoms with van der Waals surface area (Å²) in [5, 5.41) is 13.5. The van der Waals surface area contributed by atoms with Gasteiger partial charge in [0.25, 0.3) is 5.91 Å². The molecule has 0 bridgehead atoms. The predicted octanol–water partition coefficient (Wildman–Crippen LogP) is 3.31. The molecule has 0 unspecified atom stereocenters. The topological polar surface area (TPSA) is 75.6 Å². The zero-order valence-electron chi connectivity index (χ0n) is 10.3. The smallest absolute Gasteiger partial charge is 0.337 e. The third-order valence-corrected chi connectivity index (χ3v) is 4.08. The molecule has 1 heterocycles. The van der Waals surface area contributed by atoms with Crippen LogP contribution in [-0.4, -0.2) is 24.1 Å². The standard InChI is InChI=1S/C13H10INO4S/c1-19-10-4-5-20-11(10)12(16)15-9-3-2-7(14)6-8(9)13(17)18/h2-6H,1H3,(H,15,16)(H,17,18). The fourth-order valence-corrected chi connectivity index (χ4v) is 2.85. The summed E-state index contributed by atoms with van der Waals surface area (Å²) >= 11 is 3.25. The molecule has 104 valence electrons. The van der Waals surface area contributed by atoms with Gasteiger partial charge in [0.15, 0.2) is 0 Å². The molecule has 5 nitrogen and oxygen atoms in total. The Labute approximate surface area is 132 Å². The van der Waals surface area contributed by atoms with E-state index in [1.165, 1.54) is 24.5 Å². The molecule has 0 spiro atoms. The van der Waals surface area contributed by atoms with Crippen molar-refractivity contribution < 1.29 is 19.4 Å². The zero-order valence-corrected chi connectivity index (χ0v) is 13.3. The van der Waals surface area contributed by atoms with E-state index in [0.717, 1.165) is 3.57 Å². The van der Waals surface area contributed by atoms with E-state index in [4.69, 9.17) is 9.84 Å². The number of carboxylic acids is 1. The number of aromatic carboxylic acids is 1. The van der Waals surface area contributed by atoms with Crippen LogP contribution in [0, 0.1) is 3.57 Å². The Kier molecular flexibility index (Phi) is 4.61. The number of methoxy groups -OCH3 is 1. The van der Waals surface area contributed by atoms with Crippen molar-refractivity contribution in [2.45, 2.75) is 0 Å². The normalized spacial score (nSPS) is 10.1. The summed E-state index contributed by atoms with van der Waals surface area (Å²) in [6.45, 7) is 0. The van der Waals surface area contributed by atoms with Gasteiger partial charge in [-0.1, -0.05) is 0 Å². The van der Waals surface area contributed by atoms with E-state index < -0.39 is 5.97 Å². The van der Waals surface area contributed by atoms with Crippen LogP contribution in [0.4, 0.5) is 5.69 Å². The first-order valence-corrected chi connectivity index (χ1v) is 7.44. The van der Waals surface area contributed by atoms with Gasteiger partial charge in [0.1, 0.15) is 10.6 Å². The van der Waals surface area contributed by atoms with Crippen molar-refractivity contribution in [3.05, 3.63) is 43.7 Å². The highest BCUT2D eigenvalue weighted by molar-refractivity contribution is 14.1. The predicted molar refractivity (Wildman–Crippen MR) is 84.9 cm³/mol. The molecule has 0 aliphatic heterocycles. The van der Waals surface area contributed by atoms with Crippen LogP contribution in [-0.2, 0) is 0 Å². The fourth-order valence-electron chi connectivity index (χ4n) is 1.61. The number of halogens is 1. The molecule has 2 rings (SSSR count). The van der Waals surface area contributed by atoms with Crippen molar-refractivity contribution in [2.24, 2.45) is 0 Å². The Morgan fingerprint density at radius 1 is 1.35 bits per heavy atom. The molecule has 2 aromatic rings. The number of hydrogen-bond acceptors (Lipinski definition) is 4. The quantitative estimate of drug-likeness (QED) is 0.769. The third kappa shape index (κ3) is 3.10. The highest BCUT2D eigenvalue weighted by Gasteiger charge is 2.17. The lowest BCUT2D eigenvalue weighted by Crippen LogP contribution is -2.14. The lowest BCUT2D eigenvalue weighted by molar-refractivity contribution is 0.0698. The second kappa shape index (κ2) is 6.23. The number of nitrogens with one attached hydrogen (secondary N) is 1. The maximum absolute atomic E-state index is 12.1. The summed E-state index contributed by atoms with van der Waals surface area (Å²) in [6.07, 6.45) is 0. The number of carboxylic acid groups (broad SMARTS) is 1. The summed E-state index contributed by atoms with van der Waals surface area (Å²) in [4.78, 5) is 23.7. The molecule has 0 saturated heterocycles. The van der Waals surface area contributed by atoms with Gasteiger partial charge < -0.3 is 15.2 Å². The molecule has 20 heavy (non-hydrogen) atoms. The molecule has 1 aromatic heterocycles. The average molecular weight is 403 g/mol. The lowest BCUT2D eigenvalue weighted by atomic mass is 10.2. The molecule has 0 aliphatic rings. The van der Waals surface area contributed by atoms with Crippen molar-refractivity contribution >= 4 is 51.5 Å². The van der Waals surface area contributed by atoms with Crippen LogP contribution in [0.5, 0.6) is 5.75 Å². The molecule has 0 aliphatic carbocycles. The molecular weight excluding hydrogens is 393 g/mol. The number of hydrogen-bond donors (Lipinski definition) is 2. The molecular formula is C13H10INO4S. The molecule has 2 N–H and O–H groups in total. The number of ether oxygens (including phenoxy) is 1. The van der Waals surface area contributed by atoms with Crippen LogP contribution in [0.15, 0.2) is 29.6 Å². The first-order valence-electron chi connectivity index (χ1n) is 5.48. The van der Waals surface area contributed by atoms with Crippen molar-refractivity contribution in [2.75, 3.05) is 12.4 Å². The van der Waals surface area contributed by atoms with Gasteiger partial charge >= 0.3 is 5.97 Å². The summed E-state index contributed by atoms with van der Waals surface area (Å²) in [6, 6.07) is 6.49. The van der Waals surface area contributed by atoms with Gasteiger partial charge in [-0.05, 0) is 52.2 Å². The van der Waals surface area contributed by atoms with E-state index >= 15 is 0 Å². The van der Waals surface area contributed by atoms with Crippen molar-refractivity contribution in [3.63, 3.8) is 0 Å². The Morgan fingerprint density at radius 3 is 2.75 bits per heavy atom. The average Bonchev–Trinajstić information content (AvgIpc) is 2.89. The van der Waals surface area contributed by atoms with Crippen LogP contribution in [0.3, 0.4) is 0 Å². The van der Waals surface area contributed by atoms with Gasteiger partial charge in [-0.3, -0.25) is 4.79 Å². The minimum Gasteiger partial charge on any atom is -0.495 e. The Bertz CT molecular complexity index is 668. The van der Waals surface area contributed by atoms with Crippen molar-refractivity contribution in [1.82, 2.24) is 0 Å². The number of thiophene rings is 1. The van der Waals surface area contributed by atoms with Crippen LogP contribution < -0.4 is 10.1 Å². The molecule has 0 atom stereocenters. The van der Waals surface area contributed by atoms with Gasteiger partial charge in [-0.15, -0.1) is 11.3 Å². The van der Waals surface area contributed by atoms with Gasteiger partial charge in [-0.2, -0.15) is 0 Å². The second-order valence-electron chi connectivity index (χ2n) is 3.77. The van der Waals surface area contributed by atoms with Gasteiger partial charge in [0.2, 0.25) is 0 Å². The molecule has 7 heteroatoms. The molecule has 0 saturated carbocycles. The second-order valence-corrected chi connectivity index (χ2v) is 5.93. The Balaban J connectivity index is 2.31. The van der Waals surface area contributed by atoms with E-state index in [9.17, 15) is 9.59 Å². The number of amides is 1. The number of carbonyl (C=O) groups excluding carboxylic acids is 1. The van der Waals surface area contributed by atoms with Gasteiger partial charge in [-0.25, -0.2) is 4.79 Å². The van der Waals surface area contributed by atoms with Crippen molar-refractivity contribution in [3.8, 4) is 5.75 Å². The SMILES string of the molecule is COc1ccsc1C(=O)Nc1ccc(I)cc1C(=O)O. The highest BCUT2D eigenvalue weighted by atomic mass is 127. The number of carbonyl (C=O) groups is 2. The van der Waals surface area contributed by atoms with E-state index in [-0.39, 0.29) is 17.2 Å². The van der Waals surface area contributed by atoms with Crippen LogP contribution in [0.25, 0.3) is 0 Å². The number of rotatable bonds is 4. The van der Waals surface area contributed by atoms with E-state index in [0.29, 0.717) is 10.6 Å². The van der Waals surface area contributed by atoms with Crippen LogP contribution >= 0.6 is 33.9 Å². The summed E-state index contributed by atoms with van der Waals surface area (Å²) in [5.74, 6) is -1.01. The van der Waals surface area contributed by atoms with E-state index in [1.54, 1.807) is 23.6 Å². The maximum atomic E-state index is 12.1. The van der Waals surface area contributed by atoms with Gasteiger partial charge in [0.05, 0.1) is 18.4 Å². The minimum atomic E-state index is -1.09. The van der Waals surface area contributed by atoms with E-state index in [2.05, 4.69) is 5.32 Å². The molecule has 0 fully saturated rings. The maximum Gasteiger partial charge on any atom is 0.337 e. The largest absolute Gasteiger partial charge is 0.495 e. The number of benzene rings is 1. The zero-order chi connectivity index (χ0) is 14.7. The minimum absolute atomic E-state index is 0.0563. The lowest BCUT2D eigenvalue weighted by Gasteiger charge is -2.09. The Hall–Kier alpha value is -1.61. The monoisotopic (exact) mass is 403 g/mol. The molecule has 1 amide bonds. The summed E-state index contributed by atoms with van der Waals surface area (Å²) in [7, 11) is 1.48. The fraction of sp³-hybridized carbons (Fsp3) is 0.0769. The number of anilines is 1. The first kappa shape index (κ1) is 14.8. The molecule has 1 aromatic carbocycles. The van der Waals surface area contributed by atoms with Crippen molar-refractivity contribution in [1.29, 1.82) is 0 Å². The highest BCUT2D eigenvalue weighted by Crippen LogP contribution is 2.26. The van der Waals surface area contributed by atoms with Gasteiger partial charge in [0, 0.05) is 3.57 Å². The van der Waals surface area contributed by atoms with Crippen LogP contribution in [0.1, 0.15) is 20.0 Å². The van der Waals surface area contributed by atoms with E-state index in [1.807, 2.05) is 22.6 Å². The first-order chi connectivity index (χ1) is 9.52.